The van der Waals surface area contributed by atoms with Crippen molar-refractivity contribution in [1.29, 1.82) is 0 Å². The molecule has 0 aromatic heterocycles. The van der Waals surface area contributed by atoms with Crippen molar-refractivity contribution in [3.05, 3.63) is 355 Å². The molecule has 0 fully saturated rings. The Morgan fingerprint density at radius 2 is 0.761 bits per heavy atom. The van der Waals surface area contributed by atoms with Gasteiger partial charge in [0, 0.05) is 41.9 Å². The van der Waals surface area contributed by atoms with Crippen molar-refractivity contribution in [2.45, 2.75) is 33.6 Å². The molecule has 0 saturated carbocycles. The van der Waals surface area contributed by atoms with Gasteiger partial charge in [0.25, 0.3) is 0 Å². The topological polar surface area (TPSA) is 0 Å². The van der Waals surface area contributed by atoms with Gasteiger partial charge in [-0.3, -0.25) is 0 Å². The lowest BCUT2D eigenvalue weighted by atomic mass is 9.85. The summed E-state index contributed by atoms with van der Waals surface area (Å²) in [5, 5.41) is 0. The molecule has 0 saturated heterocycles. The number of benzene rings is 9. The summed E-state index contributed by atoms with van der Waals surface area (Å²) in [7, 11) is 0. The van der Waals surface area contributed by atoms with Gasteiger partial charge in [-0.25, -0.2) is 8.78 Å². The molecule has 0 atom stereocenters. The van der Waals surface area contributed by atoms with Gasteiger partial charge < -0.3 is 0 Å². The Morgan fingerprint density at radius 1 is 0.408 bits per heavy atom. The minimum atomic E-state index is -0.272. The zero-order valence-electron chi connectivity index (χ0n) is 40.6. The highest BCUT2D eigenvalue weighted by Gasteiger charge is 2.23. The third-order valence-electron chi connectivity index (χ3n) is 11.2. The summed E-state index contributed by atoms with van der Waals surface area (Å²) in [6.45, 7) is 8.65. The predicted molar refractivity (Wildman–Crippen MR) is 285 cm³/mol. The maximum atomic E-state index is 13.2. The summed E-state index contributed by atoms with van der Waals surface area (Å²) in [5.74, 6) is 1.04. The summed E-state index contributed by atoms with van der Waals surface area (Å²) in [4.78, 5) is 0. The van der Waals surface area contributed by atoms with Gasteiger partial charge in [-0.1, -0.05) is 116 Å². The average molecular weight is 1160 g/mol. The third-order valence-corrected chi connectivity index (χ3v) is 16.6. The van der Waals surface area contributed by atoms with E-state index in [0.717, 1.165) is 22.6 Å². The van der Waals surface area contributed by atoms with Crippen LogP contribution in [0.1, 0.15) is 64.3 Å². The zero-order chi connectivity index (χ0) is 49.6. The molecular weight excluding hydrogens is 1100 g/mol. The smallest absolute Gasteiger partial charge is 0.206 e. The number of aryl methyl sites for hydroxylation is 2. The Kier molecular flexibility index (Phi) is 20.2. The molecule has 0 bridgehead atoms. The van der Waals surface area contributed by atoms with Crippen LogP contribution in [-0.2, 0) is 0 Å². The number of rotatable bonds is 10. The highest BCUT2D eigenvalue weighted by Crippen LogP contribution is 2.32. The lowest BCUT2D eigenvalue weighted by molar-refractivity contribution is -0.597. The first-order chi connectivity index (χ1) is 34.7. The molecule has 0 amide bonds. The van der Waals surface area contributed by atoms with E-state index in [4.69, 9.17) is 0 Å². The number of halogens is 4. The molecule has 71 heavy (non-hydrogen) atoms. The maximum absolute atomic E-state index is 13.2. The largest absolute Gasteiger partial charge is 0.357 e. The summed E-state index contributed by atoms with van der Waals surface area (Å²) in [5.41, 5.74) is 11.8. The molecule has 0 N–H and O–H groups in total. The van der Waals surface area contributed by atoms with E-state index >= 15 is 0 Å². The number of hydrogen-bond acceptors (Lipinski definition) is 0. The summed E-state index contributed by atoms with van der Waals surface area (Å²) < 4.78 is 32.4. The van der Waals surface area contributed by atoms with Crippen molar-refractivity contribution < 1.29 is 51.2 Å². The number of allylic oxidation sites excluding steroid dienone is 5. The molecular formula is C67H58F2I2+4. The molecule has 1 aliphatic carbocycles. The van der Waals surface area contributed by atoms with Crippen molar-refractivity contribution in [1.82, 2.24) is 0 Å². The highest BCUT2D eigenvalue weighted by atomic mass is 127. The van der Waals surface area contributed by atoms with Crippen LogP contribution in [0.15, 0.2) is 273 Å². The van der Waals surface area contributed by atoms with Crippen LogP contribution in [0.25, 0.3) is 5.57 Å². The van der Waals surface area contributed by atoms with Crippen LogP contribution < -0.4 is 42.4 Å². The Balaban J connectivity index is 0.000000141. The van der Waals surface area contributed by atoms with Crippen LogP contribution in [0, 0.1) is 52.1 Å². The molecule has 0 radical (unpaired) electrons. The monoisotopic (exact) mass is 1150 g/mol. The second kappa shape index (κ2) is 27.6. The summed E-state index contributed by atoms with van der Waals surface area (Å²) in [6.07, 6.45) is 10.5. The molecule has 0 unspecified atom stereocenters. The van der Waals surface area contributed by atoms with Crippen LogP contribution in [0.3, 0.4) is 0 Å². The second-order valence-corrected chi connectivity index (χ2v) is 23.1. The van der Waals surface area contributed by atoms with Gasteiger partial charge in [0.15, 0.2) is 14.3 Å². The minimum Gasteiger partial charge on any atom is -0.206 e. The molecule has 1 aliphatic rings. The lowest BCUT2D eigenvalue weighted by Crippen LogP contribution is -3.61. The Bertz CT molecular complexity index is 2850. The first kappa shape index (κ1) is 52.1. The van der Waals surface area contributed by atoms with E-state index in [1.165, 1.54) is 77.5 Å². The molecule has 9 aromatic carbocycles. The van der Waals surface area contributed by atoms with Gasteiger partial charge in [-0.05, 0) is 176 Å². The Morgan fingerprint density at radius 3 is 1.14 bits per heavy atom. The van der Waals surface area contributed by atoms with Crippen molar-refractivity contribution in [2.75, 3.05) is 0 Å². The van der Waals surface area contributed by atoms with Gasteiger partial charge in [0.2, 0.25) is 0 Å². The van der Waals surface area contributed by atoms with Gasteiger partial charge in [0.05, 0.1) is 28.2 Å². The first-order valence-corrected chi connectivity index (χ1v) is 28.1. The van der Waals surface area contributed by atoms with E-state index < -0.39 is 0 Å². The predicted octanol–water partition coefficient (Wildman–Crippen LogP) is 11.2. The standard InChI is InChI=1S/C20H15F2.C19H15.C16H18I.C12H10I/c1-14-2-4-15(5-3-14)20(16-6-10-18(21)11-7-16)17-8-12-19(22)13-9-17;1-4-10-16(11-5-1)19(17-12-6-2-7-13-17)18-14-8-3-9-15-18;1-12(2)14-6-10-16(11-7-14)17-15-8-4-13(3)5-9-15;1-3-7-11(8-4-1)13-12-9-5-2-6-10-12/h2-13H,1H3;1-15H;4-12H,1-3H3;1-10H/q4*+1. The average Bonchev–Trinajstić information content (AvgIpc) is 3.41. The van der Waals surface area contributed by atoms with Crippen LogP contribution in [0.5, 0.6) is 0 Å². The summed E-state index contributed by atoms with van der Waals surface area (Å²) in [6, 6.07) is 81.4. The summed E-state index contributed by atoms with van der Waals surface area (Å²) >= 11 is 0.0120. The third kappa shape index (κ3) is 16.7. The molecule has 0 spiro atoms. The second-order valence-electron chi connectivity index (χ2n) is 17.0. The SMILES string of the molecule is C1=C[CH+]C(=C(c2ccccc2)c2ccccc2)C=C1.Cc1ccc([C+](c2ccc(F)cc2)c2ccc(F)cc2)cc1.Cc1ccc([I+]c2ccc(C(C)C)cc2)cc1.c1ccc([I+]c2ccccc2)cc1. The fourth-order valence-electron chi connectivity index (χ4n) is 7.48. The molecule has 0 aliphatic heterocycles. The number of hydrogen-bond donors (Lipinski definition) is 0. The molecule has 350 valence electrons. The van der Waals surface area contributed by atoms with Gasteiger partial charge >= 0.3 is 42.4 Å². The van der Waals surface area contributed by atoms with Crippen LogP contribution >= 0.6 is 0 Å². The van der Waals surface area contributed by atoms with Crippen molar-refractivity contribution in [3.63, 3.8) is 0 Å². The minimum absolute atomic E-state index is 0.0167. The fourth-order valence-corrected chi connectivity index (χ4v) is 11.9. The Hall–Kier alpha value is -6.74. The maximum Gasteiger partial charge on any atom is 0.357 e. The van der Waals surface area contributed by atoms with Crippen molar-refractivity contribution >= 4 is 5.57 Å². The molecule has 10 rings (SSSR count). The van der Waals surface area contributed by atoms with E-state index in [2.05, 4.69) is 221 Å². The van der Waals surface area contributed by atoms with Crippen LogP contribution in [0.4, 0.5) is 8.78 Å². The molecule has 0 heterocycles. The van der Waals surface area contributed by atoms with Gasteiger partial charge in [-0.2, -0.15) is 0 Å². The van der Waals surface area contributed by atoms with E-state index in [1.807, 2.05) is 31.2 Å². The van der Waals surface area contributed by atoms with Crippen molar-refractivity contribution in [2.24, 2.45) is 0 Å². The van der Waals surface area contributed by atoms with E-state index in [-0.39, 0.29) is 54.0 Å². The molecule has 9 aromatic rings. The highest BCUT2D eigenvalue weighted by molar-refractivity contribution is 5.85. The normalized spacial score (nSPS) is 11.2. The van der Waals surface area contributed by atoms with Crippen LogP contribution in [0.2, 0.25) is 0 Å². The van der Waals surface area contributed by atoms with E-state index in [0.29, 0.717) is 5.92 Å². The Labute approximate surface area is 442 Å². The van der Waals surface area contributed by atoms with E-state index in [9.17, 15) is 8.78 Å². The first-order valence-electron chi connectivity index (χ1n) is 23.7. The van der Waals surface area contributed by atoms with Gasteiger partial charge in [-0.15, -0.1) is 0 Å². The van der Waals surface area contributed by atoms with Crippen LogP contribution in [-0.4, -0.2) is 0 Å². The van der Waals surface area contributed by atoms with Gasteiger partial charge in [0.1, 0.15) is 17.2 Å². The zero-order valence-corrected chi connectivity index (χ0v) is 44.9. The van der Waals surface area contributed by atoms with Crippen molar-refractivity contribution in [3.8, 4) is 0 Å². The fraction of sp³-hybridized carbons (Fsp3) is 0.0746. The molecule has 4 heteroatoms. The van der Waals surface area contributed by atoms with E-state index in [1.54, 1.807) is 24.3 Å². The molecule has 0 nitrogen and oxygen atoms in total. The lowest BCUT2D eigenvalue weighted by Gasteiger charge is -2.13. The quantitative estimate of drug-likeness (QED) is 0.0727.